The van der Waals surface area contributed by atoms with Gasteiger partial charge < -0.3 is 24.0 Å². The number of amides is 4. The van der Waals surface area contributed by atoms with Crippen LogP contribution in [0.25, 0.3) is 0 Å². The van der Waals surface area contributed by atoms with Gasteiger partial charge in [-0.15, -0.1) is 0 Å². The first-order chi connectivity index (χ1) is 19.8. The Morgan fingerprint density at radius 1 is 1.02 bits per heavy atom. The van der Waals surface area contributed by atoms with Crippen molar-refractivity contribution in [1.29, 1.82) is 0 Å². The van der Waals surface area contributed by atoms with Crippen LogP contribution in [-0.2, 0) is 29.7 Å². The van der Waals surface area contributed by atoms with E-state index in [-0.39, 0.29) is 38.7 Å². The number of halogens is 2. The Balaban J connectivity index is 1.40. The summed E-state index contributed by atoms with van der Waals surface area (Å²) in [6.45, 7) is 10.0. The molecule has 230 valence electrons. The second-order valence-electron chi connectivity index (χ2n) is 12.0. The fourth-order valence-corrected chi connectivity index (χ4v) is 5.59. The summed E-state index contributed by atoms with van der Waals surface area (Å²) in [6.07, 6.45) is 1.74. The Morgan fingerprint density at radius 2 is 1.64 bits per heavy atom. The highest BCUT2D eigenvalue weighted by molar-refractivity contribution is 5.89. The summed E-state index contributed by atoms with van der Waals surface area (Å²) >= 11 is 0. The van der Waals surface area contributed by atoms with Crippen molar-refractivity contribution in [2.24, 2.45) is 11.3 Å². The van der Waals surface area contributed by atoms with E-state index in [0.29, 0.717) is 13.2 Å². The van der Waals surface area contributed by atoms with Gasteiger partial charge >= 0.3 is 24.0 Å². The van der Waals surface area contributed by atoms with Gasteiger partial charge in [0, 0.05) is 50.4 Å². The summed E-state index contributed by atoms with van der Waals surface area (Å²) in [6, 6.07) is 5.59. The largest absolute Gasteiger partial charge is 0.445 e. The molecule has 4 amide bonds. The first-order valence-electron chi connectivity index (χ1n) is 13.9. The molecule has 1 aromatic rings. The molecule has 13 heteroatoms. The number of nitrogens with one attached hydrogen (secondary N) is 2. The molecular formula is C29H38F2N4O7. The number of carbonyl (C=O) groups is 4. The van der Waals surface area contributed by atoms with Crippen LogP contribution in [0, 0.1) is 11.3 Å². The highest BCUT2D eigenvalue weighted by Gasteiger charge is 2.60. The van der Waals surface area contributed by atoms with Gasteiger partial charge in [0.15, 0.2) is 0 Å². The van der Waals surface area contributed by atoms with E-state index in [2.05, 4.69) is 12.0 Å². The lowest BCUT2D eigenvalue weighted by molar-refractivity contribution is -0.151. The molecule has 3 aliphatic rings. The van der Waals surface area contributed by atoms with Gasteiger partial charge in [-0.3, -0.25) is 20.4 Å². The molecule has 0 bridgehead atoms. The van der Waals surface area contributed by atoms with Crippen LogP contribution in [0.3, 0.4) is 0 Å². The number of ether oxygens (including phenoxy) is 3. The van der Waals surface area contributed by atoms with E-state index >= 15 is 8.78 Å². The van der Waals surface area contributed by atoms with Crippen LogP contribution in [0.4, 0.5) is 18.4 Å². The van der Waals surface area contributed by atoms with Crippen LogP contribution in [0.1, 0.15) is 50.7 Å². The molecule has 3 saturated heterocycles. The SMILES string of the molecule is C=CCOC(=O)N1CC(C(=O)NNC(=O)C(F)(F)c2ccc(C3CCOCC3)cc2)C2(C1)CN(C(=O)OC(C)(C)C)C2. The van der Waals surface area contributed by atoms with Crippen LogP contribution >= 0.6 is 0 Å². The Bertz CT molecular complexity index is 1190. The number of hydrogen-bond donors (Lipinski definition) is 2. The zero-order chi connectivity index (χ0) is 30.7. The fourth-order valence-electron chi connectivity index (χ4n) is 5.59. The summed E-state index contributed by atoms with van der Waals surface area (Å²) in [5.74, 6) is -7.09. The third-order valence-electron chi connectivity index (χ3n) is 7.76. The molecule has 3 fully saturated rings. The number of hydrazine groups is 1. The van der Waals surface area contributed by atoms with Gasteiger partial charge in [0.2, 0.25) is 5.91 Å². The van der Waals surface area contributed by atoms with E-state index in [0.717, 1.165) is 18.4 Å². The lowest BCUT2D eigenvalue weighted by Gasteiger charge is -2.49. The van der Waals surface area contributed by atoms with Gasteiger partial charge in [-0.05, 0) is 45.1 Å². The van der Waals surface area contributed by atoms with Gasteiger partial charge in [0.25, 0.3) is 0 Å². The predicted molar refractivity (Wildman–Crippen MR) is 146 cm³/mol. The van der Waals surface area contributed by atoms with Crippen LogP contribution in [0.15, 0.2) is 36.9 Å². The van der Waals surface area contributed by atoms with E-state index in [4.69, 9.17) is 14.2 Å². The molecule has 11 nitrogen and oxygen atoms in total. The number of benzene rings is 1. The third-order valence-corrected chi connectivity index (χ3v) is 7.76. The molecule has 0 radical (unpaired) electrons. The minimum absolute atomic E-state index is 0.0373. The van der Waals surface area contributed by atoms with Crippen molar-refractivity contribution < 1.29 is 42.2 Å². The topological polar surface area (TPSA) is 127 Å². The second kappa shape index (κ2) is 12.2. The Kier molecular flexibility index (Phi) is 9.09. The molecule has 2 N–H and O–H groups in total. The van der Waals surface area contributed by atoms with Gasteiger partial charge in [0.05, 0.1) is 5.92 Å². The number of alkyl halides is 2. The van der Waals surface area contributed by atoms with Crippen molar-refractivity contribution in [2.75, 3.05) is 46.0 Å². The van der Waals surface area contributed by atoms with Crippen molar-refractivity contribution in [3.8, 4) is 0 Å². The zero-order valence-electron chi connectivity index (χ0n) is 24.1. The van der Waals surface area contributed by atoms with Crippen LogP contribution in [-0.4, -0.2) is 85.4 Å². The summed E-state index contributed by atoms with van der Waals surface area (Å²) in [4.78, 5) is 53.5. The Hall–Kier alpha value is -3.74. The van der Waals surface area contributed by atoms with Crippen LogP contribution in [0.5, 0.6) is 0 Å². The first kappa shape index (κ1) is 31.2. The van der Waals surface area contributed by atoms with E-state index in [1.54, 1.807) is 32.9 Å². The lowest BCUT2D eigenvalue weighted by atomic mass is 9.71. The fraction of sp³-hybridized carbons (Fsp3) is 0.586. The first-order valence-corrected chi connectivity index (χ1v) is 13.9. The Labute approximate surface area is 243 Å². The maximum atomic E-state index is 15.0. The molecule has 3 aliphatic heterocycles. The molecule has 1 unspecified atom stereocenters. The number of carbonyl (C=O) groups excluding carboxylic acids is 4. The molecule has 42 heavy (non-hydrogen) atoms. The van der Waals surface area contributed by atoms with Crippen molar-refractivity contribution in [3.05, 3.63) is 48.0 Å². The molecule has 0 aromatic heterocycles. The third kappa shape index (κ3) is 6.83. The number of rotatable bonds is 6. The monoisotopic (exact) mass is 592 g/mol. The zero-order valence-corrected chi connectivity index (χ0v) is 24.1. The minimum atomic E-state index is -3.92. The predicted octanol–water partition coefficient (Wildman–Crippen LogP) is 3.31. The molecule has 3 heterocycles. The molecule has 0 saturated carbocycles. The standard InChI is InChI=1S/C29H38F2N4O7/c1-5-12-41-25(38)34-15-22(28(16-34)17-35(18-28)26(39)42-27(2,3)4)23(36)32-33-24(37)29(30,31)21-8-6-19(7-9-21)20-10-13-40-14-11-20/h5-9,20,22H,1,10-18H2,2-4H3,(H,32,36)(H,33,37). The van der Waals surface area contributed by atoms with Crippen molar-refractivity contribution >= 4 is 24.0 Å². The maximum Gasteiger partial charge on any atom is 0.410 e. The second-order valence-corrected chi connectivity index (χ2v) is 12.0. The number of likely N-dealkylation sites (tertiary alicyclic amines) is 2. The highest BCUT2D eigenvalue weighted by Crippen LogP contribution is 2.45. The van der Waals surface area contributed by atoms with E-state index in [1.165, 1.54) is 28.0 Å². The maximum absolute atomic E-state index is 15.0. The Morgan fingerprint density at radius 3 is 2.24 bits per heavy atom. The smallest absolute Gasteiger partial charge is 0.410 e. The van der Waals surface area contributed by atoms with Crippen molar-refractivity contribution in [3.63, 3.8) is 0 Å². The average molecular weight is 593 g/mol. The average Bonchev–Trinajstić information content (AvgIpc) is 3.35. The van der Waals surface area contributed by atoms with Gasteiger partial charge in [0.1, 0.15) is 12.2 Å². The summed E-state index contributed by atoms with van der Waals surface area (Å²) < 4.78 is 45.9. The lowest BCUT2D eigenvalue weighted by Crippen LogP contribution is -2.65. The number of nitrogens with zero attached hydrogens (tertiary/aromatic N) is 2. The molecule has 1 atom stereocenters. The van der Waals surface area contributed by atoms with Crippen molar-refractivity contribution in [2.45, 2.75) is 51.1 Å². The van der Waals surface area contributed by atoms with Gasteiger partial charge in [-0.1, -0.05) is 36.9 Å². The van der Waals surface area contributed by atoms with Gasteiger partial charge in [-0.2, -0.15) is 8.78 Å². The molecular weight excluding hydrogens is 554 g/mol. The highest BCUT2D eigenvalue weighted by atomic mass is 19.3. The minimum Gasteiger partial charge on any atom is -0.445 e. The quantitative estimate of drug-likeness (QED) is 0.384. The summed E-state index contributed by atoms with van der Waals surface area (Å²) in [5, 5.41) is 0. The van der Waals surface area contributed by atoms with Crippen LogP contribution < -0.4 is 10.9 Å². The molecule has 1 aromatic carbocycles. The van der Waals surface area contributed by atoms with E-state index in [9.17, 15) is 19.2 Å². The van der Waals surface area contributed by atoms with E-state index < -0.39 is 52.4 Å². The molecule has 1 spiro atoms. The van der Waals surface area contributed by atoms with E-state index in [1.807, 2.05) is 5.43 Å². The summed E-state index contributed by atoms with van der Waals surface area (Å²) in [7, 11) is 0. The van der Waals surface area contributed by atoms with Gasteiger partial charge in [-0.25, -0.2) is 9.59 Å². The van der Waals surface area contributed by atoms with Crippen LogP contribution in [0.2, 0.25) is 0 Å². The normalized spacial score (nSPS) is 20.5. The number of hydrogen-bond acceptors (Lipinski definition) is 7. The van der Waals surface area contributed by atoms with Crippen molar-refractivity contribution in [1.82, 2.24) is 20.7 Å². The molecule has 0 aliphatic carbocycles. The molecule has 4 rings (SSSR count). The summed E-state index contributed by atoms with van der Waals surface area (Å²) in [5.41, 5.74) is 2.74.